The summed E-state index contributed by atoms with van der Waals surface area (Å²) in [6, 6.07) is 6.88. The molecule has 2 atom stereocenters. The van der Waals surface area contributed by atoms with Crippen LogP contribution >= 0.6 is 11.6 Å². The van der Waals surface area contributed by atoms with Gasteiger partial charge in [0.2, 0.25) is 11.8 Å². The highest BCUT2D eigenvalue weighted by Gasteiger charge is 2.34. The molecule has 14 heteroatoms. The van der Waals surface area contributed by atoms with Gasteiger partial charge >= 0.3 is 6.18 Å². The third-order valence-electron chi connectivity index (χ3n) is 8.44. The Labute approximate surface area is 270 Å². The number of carbonyl (C=O) groups is 3. The van der Waals surface area contributed by atoms with Crippen LogP contribution in [0.3, 0.4) is 0 Å². The molecule has 2 aliphatic rings. The number of anilines is 2. The van der Waals surface area contributed by atoms with Crippen LogP contribution in [0.1, 0.15) is 56.0 Å². The van der Waals surface area contributed by atoms with E-state index in [-0.39, 0.29) is 54.7 Å². The molecule has 0 bridgehead atoms. The van der Waals surface area contributed by atoms with Crippen molar-refractivity contribution in [2.24, 2.45) is 11.8 Å². The third kappa shape index (κ3) is 9.09. The van der Waals surface area contributed by atoms with Gasteiger partial charge in [0, 0.05) is 69.4 Å². The Hall–Kier alpha value is -3.45. The molecule has 2 aromatic carbocycles. The van der Waals surface area contributed by atoms with E-state index in [4.69, 9.17) is 11.6 Å². The van der Waals surface area contributed by atoms with Crippen molar-refractivity contribution >= 4 is 40.7 Å². The van der Waals surface area contributed by atoms with Crippen molar-refractivity contribution in [1.29, 1.82) is 0 Å². The average Bonchev–Trinajstić information content (AvgIpc) is 3.48. The summed E-state index contributed by atoms with van der Waals surface area (Å²) in [4.78, 5) is 42.6. The Kier molecular flexibility index (Phi) is 11.5. The fourth-order valence-corrected chi connectivity index (χ4v) is 6.16. The second-order valence-electron chi connectivity index (χ2n) is 12.3. The Balaban J connectivity index is 1.45. The zero-order chi connectivity index (χ0) is 33.8. The van der Waals surface area contributed by atoms with E-state index >= 15 is 8.78 Å². The number of hydrogen-bond acceptors (Lipinski definition) is 5. The van der Waals surface area contributed by atoms with Crippen molar-refractivity contribution in [1.82, 2.24) is 15.1 Å². The maximum Gasteiger partial charge on any atom is 0.390 e. The molecule has 0 saturated carbocycles. The van der Waals surface area contributed by atoms with Gasteiger partial charge < -0.3 is 20.4 Å². The lowest BCUT2D eigenvalue weighted by molar-refractivity contribution is -0.139. The van der Waals surface area contributed by atoms with Crippen LogP contribution in [0.15, 0.2) is 30.3 Å². The van der Waals surface area contributed by atoms with Crippen LogP contribution in [0.5, 0.6) is 0 Å². The maximum atomic E-state index is 15.2. The Morgan fingerprint density at radius 1 is 1.02 bits per heavy atom. The first-order valence-electron chi connectivity index (χ1n) is 15.3. The standard InChI is InChI=1S/C32H39ClF5N5O3/c1-19(2)14-24-18-43(13-12-41(24)11-9-32(36,37)38)27-15-23(33)5-7-26(27)40-31(46)25-6-4-21(28(34)29(25)35)16-39-30(45)22-8-10-42(17-22)20(3)44/h4-7,15,19,22,24H,8-14,16-18H2,1-3H3,(H,39,45)(H,40,46)/t22-,24-/m0/s1. The minimum atomic E-state index is -4.26. The zero-order valence-corrected chi connectivity index (χ0v) is 26.8. The van der Waals surface area contributed by atoms with Gasteiger partial charge in [-0.15, -0.1) is 0 Å². The quantitative estimate of drug-likeness (QED) is 0.310. The number of nitrogens with one attached hydrogen (secondary N) is 2. The molecule has 0 radical (unpaired) electrons. The van der Waals surface area contributed by atoms with Gasteiger partial charge in [-0.2, -0.15) is 13.2 Å². The number of carbonyl (C=O) groups excluding carboxylic acids is 3. The second kappa shape index (κ2) is 15.0. The molecule has 2 fully saturated rings. The van der Waals surface area contributed by atoms with E-state index in [1.54, 1.807) is 11.0 Å². The van der Waals surface area contributed by atoms with Crippen LogP contribution < -0.4 is 15.5 Å². The predicted octanol–water partition coefficient (Wildman–Crippen LogP) is 5.84. The van der Waals surface area contributed by atoms with Gasteiger partial charge in [-0.1, -0.05) is 31.5 Å². The molecule has 4 rings (SSSR count). The molecular weight excluding hydrogens is 633 g/mol. The third-order valence-corrected chi connectivity index (χ3v) is 8.68. The van der Waals surface area contributed by atoms with Crippen molar-refractivity contribution in [2.45, 2.75) is 58.8 Å². The van der Waals surface area contributed by atoms with Gasteiger partial charge in [0.15, 0.2) is 11.6 Å². The number of rotatable bonds is 10. The number of alkyl halides is 3. The van der Waals surface area contributed by atoms with Crippen LogP contribution in [-0.2, 0) is 16.1 Å². The van der Waals surface area contributed by atoms with E-state index in [1.165, 1.54) is 25.1 Å². The lowest BCUT2D eigenvalue weighted by atomic mass is 9.99. The minimum absolute atomic E-state index is 0.114. The van der Waals surface area contributed by atoms with Gasteiger partial charge in [0.05, 0.1) is 29.3 Å². The molecule has 3 amide bonds. The van der Waals surface area contributed by atoms with E-state index in [9.17, 15) is 27.6 Å². The predicted molar refractivity (Wildman–Crippen MR) is 166 cm³/mol. The van der Waals surface area contributed by atoms with E-state index in [0.717, 1.165) is 6.07 Å². The molecule has 252 valence electrons. The lowest BCUT2D eigenvalue weighted by Crippen LogP contribution is -2.54. The summed E-state index contributed by atoms with van der Waals surface area (Å²) in [7, 11) is 0. The summed E-state index contributed by atoms with van der Waals surface area (Å²) in [5.74, 6) is -4.29. The van der Waals surface area contributed by atoms with Gasteiger partial charge in [-0.3, -0.25) is 19.3 Å². The van der Waals surface area contributed by atoms with Crippen molar-refractivity contribution in [2.75, 3.05) is 49.5 Å². The highest BCUT2D eigenvalue weighted by atomic mass is 35.5. The molecule has 8 nitrogen and oxygen atoms in total. The maximum absolute atomic E-state index is 15.2. The topological polar surface area (TPSA) is 85.0 Å². The number of amides is 3. The van der Waals surface area contributed by atoms with Crippen molar-refractivity contribution in [3.05, 3.63) is 58.1 Å². The smallest absolute Gasteiger partial charge is 0.367 e. The molecule has 46 heavy (non-hydrogen) atoms. The molecule has 2 aliphatic heterocycles. The SMILES string of the molecule is CC(=O)N1CC[C@H](C(=O)NCc2ccc(C(=O)Nc3ccc(Cl)cc3N3CCN(CCC(F)(F)F)[C@@H](CC(C)C)C3)c(F)c2F)C1. The largest absolute Gasteiger partial charge is 0.390 e. The fraction of sp³-hybridized carbons (Fsp3) is 0.531. The van der Waals surface area contributed by atoms with E-state index < -0.39 is 41.6 Å². The number of halogens is 6. The summed E-state index contributed by atoms with van der Waals surface area (Å²) in [6.45, 7) is 6.83. The zero-order valence-electron chi connectivity index (χ0n) is 26.0. The van der Waals surface area contributed by atoms with Crippen LogP contribution in [0.4, 0.5) is 33.3 Å². The summed E-state index contributed by atoms with van der Waals surface area (Å²) < 4.78 is 69.1. The van der Waals surface area contributed by atoms with E-state index in [1.807, 2.05) is 23.6 Å². The van der Waals surface area contributed by atoms with Gasteiger partial charge in [-0.25, -0.2) is 8.78 Å². The molecule has 2 N–H and O–H groups in total. The number of hydrogen-bond donors (Lipinski definition) is 2. The fourth-order valence-electron chi connectivity index (χ4n) is 5.99. The number of benzene rings is 2. The number of piperazine rings is 1. The van der Waals surface area contributed by atoms with Gasteiger partial charge in [-0.05, 0) is 43.0 Å². The van der Waals surface area contributed by atoms with Crippen molar-refractivity contribution in [3.63, 3.8) is 0 Å². The van der Waals surface area contributed by atoms with Crippen LogP contribution in [0.2, 0.25) is 5.02 Å². The summed E-state index contributed by atoms with van der Waals surface area (Å²) in [5, 5.41) is 5.58. The first-order valence-corrected chi connectivity index (χ1v) is 15.7. The van der Waals surface area contributed by atoms with Crippen LogP contribution in [0.25, 0.3) is 0 Å². The minimum Gasteiger partial charge on any atom is -0.367 e. The molecule has 0 aromatic heterocycles. The monoisotopic (exact) mass is 671 g/mol. The molecule has 0 aliphatic carbocycles. The highest BCUT2D eigenvalue weighted by Crippen LogP contribution is 2.33. The molecular formula is C32H39ClF5N5O3. The van der Waals surface area contributed by atoms with Crippen molar-refractivity contribution < 1.29 is 36.3 Å². The van der Waals surface area contributed by atoms with Crippen LogP contribution in [0, 0.1) is 23.5 Å². The van der Waals surface area contributed by atoms with E-state index in [0.29, 0.717) is 49.7 Å². The van der Waals surface area contributed by atoms with E-state index in [2.05, 4.69) is 10.6 Å². The lowest BCUT2D eigenvalue weighted by Gasteiger charge is -2.43. The van der Waals surface area contributed by atoms with Gasteiger partial charge in [0.25, 0.3) is 5.91 Å². The summed E-state index contributed by atoms with van der Waals surface area (Å²) in [6.07, 6.45) is -4.04. The second-order valence-corrected chi connectivity index (χ2v) is 12.8. The summed E-state index contributed by atoms with van der Waals surface area (Å²) >= 11 is 6.29. The first kappa shape index (κ1) is 35.4. The molecule has 2 heterocycles. The van der Waals surface area contributed by atoms with Gasteiger partial charge in [0.1, 0.15) is 0 Å². The number of nitrogens with zero attached hydrogens (tertiary/aromatic N) is 3. The Morgan fingerprint density at radius 2 is 1.76 bits per heavy atom. The first-order chi connectivity index (χ1) is 21.6. The average molecular weight is 672 g/mol. The Bertz CT molecular complexity index is 1440. The van der Waals surface area contributed by atoms with Crippen molar-refractivity contribution in [3.8, 4) is 0 Å². The molecule has 2 saturated heterocycles. The molecule has 0 spiro atoms. The highest BCUT2D eigenvalue weighted by molar-refractivity contribution is 6.31. The summed E-state index contributed by atoms with van der Waals surface area (Å²) in [5.41, 5.74) is 0.112. The normalized spacial score (nSPS) is 19.1. The number of likely N-dealkylation sites (tertiary alicyclic amines) is 1. The molecule has 0 unspecified atom stereocenters. The Morgan fingerprint density at radius 3 is 2.41 bits per heavy atom. The van der Waals surface area contributed by atoms with Crippen LogP contribution in [-0.4, -0.2) is 79.0 Å². The molecule has 2 aromatic rings.